The number of hydrogen-bond acceptors (Lipinski definition) is 3. The molecule has 1 aliphatic heterocycles. The first-order chi connectivity index (χ1) is 13.3. The monoisotopic (exact) mass is 381 g/mol. The summed E-state index contributed by atoms with van der Waals surface area (Å²) < 4.78 is 14.8. The average Bonchev–Trinajstić information content (AvgIpc) is 2.66. The summed E-state index contributed by atoms with van der Waals surface area (Å²) in [6.45, 7) is 9.65. The van der Waals surface area contributed by atoms with E-state index in [1.807, 2.05) is 12.1 Å². The number of anilines is 1. The lowest BCUT2D eigenvalue weighted by molar-refractivity contribution is 0.0955. The molecule has 0 aromatic heterocycles. The molecule has 4 nitrogen and oxygen atoms in total. The molecule has 5 heteroatoms. The van der Waals surface area contributed by atoms with E-state index in [9.17, 15) is 9.18 Å². The Morgan fingerprint density at radius 2 is 2.04 bits per heavy atom. The predicted octanol–water partition coefficient (Wildman–Crippen LogP) is 5.09. The van der Waals surface area contributed by atoms with E-state index in [2.05, 4.69) is 43.1 Å². The van der Waals surface area contributed by atoms with E-state index >= 15 is 0 Å². The molecule has 1 amide bonds. The second-order valence-corrected chi connectivity index (χ2v) is 8.07. The fourth-order valence-corrected chi connectivity index (χ4v) is 4.08. The predicted molar refractivity (Wildman–Crippen MR) is 113 cm³/mol. The van der Waals surface area contributed by atoms with Gasteiger partial charge in [-0.1, -0.05) is 32.0 Å². The van der Waals surface area contributed by atoms with Gasteiger partial charge >= 0.3 is 0 Å². The van der Waals surface area contributed by atoms with Gasteiger partial charge in [-0.15, -0.1) is 0 Å². The van der Waals surface area contributed by atoms with Crippen LogP contribution >= 0.6 is 0 Å². The number of halogens is 1. The third kappa shape index (κ3) is 4.08. The minimum Gasteiger partial charge on any atom is -0.366 e. The van der Waals surface area contributed by atoms with Crippen LogP contribution in [0.15, 0.2) is 47.6 Å². The van der Waals surface area contributed by atoms with E-state index in [1.54, 1.807) is 30.3 Å². The van der Waals surface area contributed by atoms with E-state index in [4.69, 9.17) is 0 Å². The Labute approximate surface area is 166 Å². The molecular formula is C23H28FN3O. The van der Waals surface area contributed by atoms with Crippen molar-refractivity contribution in [3.05, 3.63) is 65.0 Å². The highest BCUT2D eigenvalue weighted by atomic mass is 19.1. The van der Waals surface area contributed by atoms with Gasteiger partial charge in [-0.25, -0.2) is 9.82 Å². The molecular weight excluding hydrogens is 353 g/mol. The summed E-state index contributed by atoms with van der Waals surface area (Å²) in [7, 11) is 0. The minimum absolute atomic E-state index is 0.00582. The summed E-state index contributed by atoms with van der Waals surface area (Å²) in [5.74, 6) is -0.327. The smallest absolute Gasteiger partial charge is 0.271 e. The lowest BCUT2D eigenvalue weighted by Gasteiger charge is -2.47. The summed E-state index contributed by atoms with van der Waals surface area (Å²) in [5.41, 5.74) is 5.45. The molecule has 0 saturated heterocycles. The first-order valence-electron chi connectivity index (χ1n) is 9.83. The zero-order valence-electron chi connectivity index (χ0n) is 17.0. The van der Waals surface area contributed by atoms with Crippen LogP contribution in [0.5, 0.6) is 0 Å². The molecule has 0 saturated carbocycles. The Morgan fingerprint density at radius 3 is 2.71 bits per heavy atom. The number of nitrogens with zero attached hydrogens (tertiary/aromatic N) is 2. The van der Waals surface area contributed by atoms with Crippen LogP contribution in [0.2, 0.25) is 0 Å². The van der Waals surface area contributed by atoms with E-state index in [1.165, 1.54) is 6.21 Å². The molecule has 28 heavy (non-hydrogen) atoms. The molecule has 0 radical (unpaired) electrons. The second-order valence-electron chi connectivity index (χ2n) is 8.07. The molecule has 1 heterocycles. The van der Waals surface area contributed by atoms with Crippen LogP contribution in [0, 0.1) is 5.82 Å². The topological polar surface area (TPSA) is 44.7 Å². The molecule has 1 N–H and O–H groups in total. The lowest BCUT2D eigenvalue weighted by Crippen LogP contribution is -2.48. The SMILES string of the molecule is CCCN1c2cc(F)c(/C=N\NC(=O)c3ccccc3)cc2C(C)CC1(C)C. The van der Waals surface area contributed by atoms with Crippen molar-refractivity contribution in [2.75, 3.05) is 11.4 Å². The Balaban J connectivity index is 1.84. The van der Waals surface area contributed by atoms with Crippen LogP contribution in [0.3, 0.4) is 0 Å². The lowest BCUT2D eigenvalue weighted by atomic mass is 9.79. The van der Waals surface area contributed by atoms with E-state index in [-0.39, 0.29) is 17.3 Å². The maximum Gasteiger partial charge on any atom is 0.271 e. The number of hydrogen-bond donors (Lipinski definition) is 1. The van der Waals surface area contributed by atoms with Crippen LogP contribution < -0.4 is 10.3 Å². The number of carbonyl (C=O) groups is 1. The molecule has 1 unspecified atom stereocenters. The first kappa shape index (κ1) is 20.1. The van der Waals surface area contributed by atoms with Crippen LogP contribution in [-0.2, 0) is 0 Å². The van der Waals surface area contributed by atoms with Gasteiger partial charge in [-0.2, -0.15) is 5.10 Å². The Hall–Kier alpha value is -2.69. The Bertz CT molecular complexity index is 877. The van der Waals surface area contributed by atoms with Crippen LogP contribution in [0.25, 0.3) is 0 Å². The number of amides is 1. The molecule has 0 fully saturated rings. The van der Waals surface area contributed by atoms with Crippen molar-refractivity contribution >= 4 is 17.8 Å². The highest BCUT2D eigenvalue weighted by molar-refractivity contribution is 5.94. The fraction of sp³-hybridized carbons (Fsp3) is 0.391. The molecule has 148 valence electrons. The van der Waals surface area contributed by atoms with E-state index in [0.29, 0.717) is 17.0 Å². The third-order valence-electron chi connectivity index (χ3n) is 5.36. The quantitative estimate of drug-likeness (QED) is 0.579. The van der Waals surface area contributed by atoms with Gasteiger partial charge in [0.1, 0.15) is 5.82 Å². The molecule has 1 atom stereocenters. The van der Waals surface area contributed by atoms with Crippen molar-refractivity contribution in [1.82, 2.24) is 5.43 Å². The van der Waals surface area contributed by atoms with Gasteiger partial charge in [-0.05, 0) is 62.4 Å². The van der Waals surface area contributed by atoms with Gasteiger partial charge in [0.15, 0.2) is 0 Å². The summed E-state index contributed by atoms with van der Waals surface area (Å²) in [6, 6.07) is 12.3. The number of hydrazone groups is 1. The molecule has 2 aromatic carbocycles. The standard InChI is InChI=1S/C23H28FN3O/c1-5-11-27-21-13-20(24)18(12-19(21)16(2)14-23(27,3)4)15-25-26-22(28)17-9-7-6-8-10-17/h6-10,12-13,15-16H,5,11,14H2,1-4H3,(H,26,28)/b25-15-. The Morgan fingerprint density at radius 1 is 1.32 bits per heavy atom. The number of nitrogens with one attached hydrogen (secondary N) is 1. The van der Waals surface area contributed by atoms with Crippen molar-refractivity contribution in [3.8, 4) is 0 Å². The molecule has 2 aromatic rings. The number of carbonyl (C=O) groups excluding carboxylic acids is 1. The minimum atomic E-state index is -0.331. The van der Waals surface area contributed by atoms with Crippen molar-refractivity contribution < 1.29 is 9.18 Å². The van der Waals surface area contributed by atoms with Gasteiger partial charge < -0.3 is 4.90 Å². The molecule has 1 aliphatic rings. The van der Waals surface area contributed by atoms with Crippen molar-refractivity contribution in [2.45, 2.75) is 52.0 Å². The van der Waals surface area contributed by atoms with Gasteiger partial charge in [0.2, 0.25) is 0 Å². The zero-order valence-corrected chi connectivity index (χ0v) is 17.0. The van der Waals surface area contributed by atoms with E-state index in [0.717, 1.165) is 30.6 Å². The van der Waals surface area contributed by atoms with E-state index < -0.39 is 0 Å². The number of benzene rings is 2. The molecule has 0 bridgehead atoms. The second kappa shape index (κ2) is 8.13. The Kier molecular flexibility index (Phi) is 5.82. The summed E-state index contributed by atoms with van der Waals surface area (Å²) in [6.07, 6.45) is 3.40. The van der Waals surface area contributed by atoms with Gasteiger partial charge in [0, 0.05) is 28.9 Å². The van der Waals surface area contributed by atoms with Crippen LogP contribution in [-0.4, -0.2) is 24.2 Å². The largest absolute Gasteiger partial charge is 0.366 e. The molecule has 0 spiro atoms. The van der Waals surface area contributed by atoms with Gasteiger partial charge in [0.05, 0.1) is 6.21 Å². The van der Waals surface area contributed by atoms with Crippen molar-refractivity contribution in [1.29, 1.82) is 0 Å². The van der Waals surface area contributed by atoms with Crippen LogP contribution in [0.4, 0.5) is 10.1 Å². The van der Waals surface area contributed by atoms with Gasteiger partial charge in [-0.3, -0.25) is 4.79 Å². The maximum atomic E-state index is 14.8. The first-order valence-corrected chi connectivity index (χ1v) is 9.83. The average molecular weight is 381 g/mol. The zero-order chi connectivity index (χ0) is 20.3. The highest BCUT2D eigenvalue weighted by Crippen LogP contribution is 2.44. The van der Waals surface area contributed by atoms with Crippen molar-refractivity contribution in [3.63, 3.8) is 0 Å². The molecule has 3 rings (SSSR count). The summed E-state index contributed by atoms with van der Waals surface area (Å²) in [4.78, 5) is 14.4. The number of rotatable bonds is 5. The fourth-order valence-electron chi connectivity index (χ4n) is 4.08. The summed E-state index contributed by atoms with van der Waals surface area (Å²) >= 11 is 0. The number of fused-ring (bicyclic) bond motifs is 1. The highest BCUT2D eigenvalue weighted by Gasteiger charge is 2.36. The maximum absolute atomic E-state index is 14.8. The third-order valence-corrected chi connectivity index (χ3v) is 5.36. The normalized spacial score (nSPS) is 18.2. The van der Waals surface area contributed by atoms with Gasteiger partial charge in [0.25, 0.3) is 5.91 Å². The molecule has 0 aliphatic carbocycles. The van der Waals surface area contributed by atoms with Crippen LogP contribution in [0.1, 0.15) is 67.9 Å². The van der Waals surface area contributed by atoms with Crippen molar-refractivity contribution in [2.24, 2.45) is 5.10 Å². The summed E-state index contributed by atoms with van der Waals surface area (Å²) in [5, 5.41) is 3.96.